The second kappa shape index (κ2) is 15.4. The van der Waals surface area contributed by atoms with Crippen molar-refractivity contribution in [3.05, 3.63) is 87.9 Å². The van der Waals surface area contributed by atoms with Gasteiger partial charge in [0.2, 0.25) is 17.7 Å². The normalized spacial score (nSPS) is 19.4. The lowest BCUT2D eigenvalue weighted by Gasteiger charge is -2.28. The van der Waals surface area contributed by atoms with Crippen molar-refractivity contribution >= 4 is 41.1 Å². The summed E-state index contributed by atoms with van der Waals surface area (Å²) in [5.41, 5.74) is 6.09. The number of amides is 3. The number of halogens is 2. The Labute approximate surface area is 311 Å². The molecule has 0 spiro atoms. The molecular weight excluding hydrogens is 705 g/mol. The van der Waals surface area contributed by atoms with Gasteiger partial charge < -0.3 is 35.4 Å². The van der Waals surface area contributed by atoms with Gasteiger partial charge in [-0.05, 0) is 36.6 Å². The summed E-state index contributed by atoms with van der Waals surface area (Å²) in [6.07, 6.45) is 2.13. The molecule has 7 rings (SSSR count). The number of aromatic nitrogens is 1. The summed E-state index contributed by atoms with van der Waals surface area (Å²) in [4.78, 5) is 41.3. The van der Waals surface area contributed by atoms with Gasteiger partial charge in [0, 0.05) is 83.9 Å². The van der Waals surface area contributed by atoms with E-state index >= 15 is 0 Å². The van der Waals surface area contributed by atoms with E-state index in [0.717, 1.165) is 46.4 Å². The topological polar surface area (TPSA) is 142 Å². The van der Waals surface area contributed by atoms with E-state index in [1.165, 1.54) is 12.0 Å². The van der Waals surface area contributed by atoms with Crippen LogP contribution in [0.15, 0.2) is 66.7 Å². The number of rotatable bonds is 11. The molecule has 270 valence electrons. The van der Waals surface area contributed by atoms with Crippen molar-refractivity contribution < 1.29 is 29.0 Å². The third kappa shape index (κ3) is 7.53. The Balaban J connectivity index is 1.12. The lowest BCUT2D eigenvalue weighted by atomic mass is 9.94. The fraction of sp³-hybridized carbons (Fsp3) is 0.333. The lowest BCUT2D eigenvalue weighted by Crippen LogP contribution is -2.41. The molecule has 3 atom stereocenters. The summed E-state index contributed by atoms with van der Waals surface area (Å²) in [7, 11) is 1.49. The van der Waals surface area contributed by atoms with Gasteiger partial charge in [-0.15, -0.1) is 0 Å². The molecule has 0 bridgehead atoms. The number of nitrogens with zero attached hydrogens (tertiary/aromatic N) is 2. The minimum Gasteiger partial charge on any atom is -0.493 e. The first-order chi connectivity index (χ1) is 25.2. The van der Waals surface area contributed by atoms with Gasteiger partial charge in [0.1, 0.15) is 5.75 Å². The van der Waals surface area contributed by atoms with Crippen molar-refractivity contribution in [1.29, 1.82) is 0 Å². The van der Waals surface area contributed by atoms with Crippen LogP contribution < -0.4 is 25.4 Å². The average molecular weight is 745 g/mol. The number of methoxy groups -OCH3 is 1. The van der Waals surface area contributed by atoms with E-state index < -0.39 is 6.09 Å². The molecule has 1 aromatic heterocycles. The molecule has 3 amide bonds. The zero-order valence-corrected chi connectivity index (χ0v) is 30.1. The maximum atomic E-state index is 12.1. The number of pyridine rings is 1. The van der Waals surface area contributed by atoms with Crippen LogP contribution in [0.2, 0.25) is 10.0 Å². The van der Waals surface area contributed by atoms with Crippen LogP contribution in [-0.4, -0.2) is 71.8 Å². The Kier molecular flexibility index (Phi) is 10.5. The highest BCUT2D eigenvalue weighted by Gasteiger charge is 2.28. The highest BCUT2D eigenvalue weighted by Crippen LogP contribution is 2.44. The van der Waals surface area contributed by atoms with E-state index in [2.05, 4.69) is 28.1 Å². The molecule has 0 saturated carbocycles. The van der Waals surface area contributed by atoms with Crippen molar-refractivity contribution in [2.24, 2.45) is 0 Å². The largest absolute Gasteiger partial charge is 0.493 e. The highest BCUT2D eigenvalue weighted by atomic mass is 35.5. The van der Waals surface area contributed by atoms with E-state index in [0.29, 0.717) is 59.3 Å². The molecule has 52 heavy (non-hydrogen) atoms. The monoisotopic (exact) mass is 743 g/mol. The second-order valence-electron chi connectivity index (χ2n) is 13.3. The fourth-order valence-electron chi connectivity index (χ4n) is 7.20. The highest BCUT2D eigenvalue weighted by molar-refractivity contribution is 6.39. The summed E-state index contributed by atoms with van der Waals surface area (Å²) < 4.78 is 11.7. The summed E-state index contributed by atoms with van der Waals surface area (Å²) in [6.45, 7) is 1.50. The van der Waals surface area contributed by atoms with Gasteiger partial charge in [-0.2, -0.15) is 0 Å². The number of hydrogen-bond acceptors (Lipinski definition) is 7. The Morgan fingerprint density at radius 1 is 0.923 bits per heavy atom. The van der Waals surface area contributed by atoms with Crippen molar-refractivity contribution in [3.8, 4) is 45.1 Å². The number of carbonyl (C=O) groups excluding carboxylic acids is 2. The maximum Gasteiger partial charge on any atom is 0.407 e. The van der Waals surface area contributed by atoms with Gasteiger partial charge in [0.15, 0.2) is 0 Å². The van der Waals surface area contributed by atoms with Crippen LogP contribution in [0, 0.1) is 0 Å². The SMILES string of the molecule is COc1nc(-c2cccc(-c3cccc(-c4ccc5c(c4)OCCC5NCC4CCC(=O)N4)c3Cl)c2Cl)ccc1CN(CC1CCC(=O)N1)C(=O)O. The molecule has 3 unspecified atom stereocenters. The Morgan fingerprint density at radius 3 is 2.27 bits per heavy atom. The number of fused-ring (bicyclic) bond motifs is 1. The first kappa shape index (κ1) is 35.6. The lowest BCUT2D eigenvalue weighted by molar-refractivity contribution is -0.120. The molecule has 3 aliphatic rings. The van der Waals surface area contributed by atoms with Crippen LogP contribution >= 0.6 is 23.2 Å². The number of carbonyl (C=O) groups is 3. The molecule has 3 aliphatic heterocycles. The van der Waals surface area contributed by atoms with Crippen molar-refractivity contribution in [1.82, 2.24) is 25.8 Å². The number of carboxylic acid groups (broad SMARTS) is 1. The first-order valence-corrected chi connectivity index (χ1v) is 18.1. The van der Waals surface area contributed by atoms with Crippen molar-refractivity contribution in [2.45, 2.75) is 56.8 Å². The van der Waals surface area contributed by atoms with Crippen LogP contribution in [0.1, 0.15) is 49.3 Å². The average Bonchev–Trinajstić information content (AvgIpc) is 3.77. The molecule has 11 nitrogen and oxygen atoms in total. The van der Waals surface area contributed by atoms with Crippen LogP contribution in [-0.2, 0) is 16.1 Å². The number of ether oxygens (including phenoxy) is 2. The predicted molar refractivity (Wildman–Crippen MR) is 199 cm³/mol. The summed E-state index contributed by atoms with van der Waals surface area (Å²) >= 11 is 14.2. The van der Waals surface area contributed by atoms with Gasteiger partial charge in [0.05, 0.1) is 36.0 Å². The van der Waals surface area contributed by atoms with Crippen LogP contribution in [0.25, 0.3) is 33.5 Å². The minimum absolute atomic E-state index is 0.0410. The van der Waals surface area contributed by atoms with Crippen LogP contribution in [0.3, 0.4) is 0 Å². The van der Waals surface area contributed by atoms with Gasteiger partial charge in [-0.3, -0.25) is 9.59 Å². The number of hydrogen-bond donors (Lipinski definition) is 4. The summed E-state index contributed by atoms with van der Waals surface area (Å²) in [6, 6.07) is 21.3. The van der Waals surface area contributed by atoms with Gasteiger partial charge in [-0.25, -0.2) is 9.78 Å². The van der Waals surface area contributed by atoms with E-state index in [1.54, 1.807) is 12.1 Å². The quantitative estimate of drug-likeness (QED) is 0.131. The zero-order chi connectivity index (χ0) is 36.4. The molecule has 4 N–H and O–H groups in total. The molecule has 3 aromatic carbocycles. The van der Waals surface area contributed by atoms with Gasteiger partial charge in [-0.1, -0.05) is 71.7 Å². The van der Waals surface area contributed by atoms with Gasteiger partial charge in [0.25, 0.3) is 0 Å². The van der Waals surface area contributed by atoms with E-state index in [4.69, 9.17) is 37.7 Å². The Morgan fingerprint density at radius 2 is 1.60 bits per heavy atom. The van der Waals surface area contributed by atoms with E-state index in [-0.39, 0.29) is 48.9 Å². The molecule has 0 aliphatic carbocycles. The first-order valence-electron chi connectivity index (χ1n) is 17.4. The van der Waals surface area contributed by atoms with E-state index in [1.807, 2.05) is 42.5 Å². The molecule has 13 heteroatoms. The molecular formula is C39H39Cl2N5O6. The van der Waals surface area contributed by atoms with Crippen LogP contribution in [0.4, 0.5) is 4.79 Å². The summed E-state index contributed by atoms with van der Waals surface area (Å²) in [5, 5.41) is 20.3. The van der Waals surface area contributed by atoms with Crippen molar-refractivity contribution in [2.75, 3.05) is 26.8 Å². The molecule has 4 heterocycles. The fourth-order valence-corrected chi connectivity index (χ4v) is 7.86. The summed E-state index contributed by atoms with van der Waals surface area (Å²) in [5.74, 6) is 1.11. The third-order valence-electron chi connectivity index (χ3n) is 9.91. The smallest absolute Gasteiger partial charge is 0.407 e. The maximum absolute atomic E-state index is 12.1. The third-order valence-corrected chi connectivity index (χ3v) is 10.7. The predicted octanol–water partition coefficient (Wildman–Crippen LogP) is 6.85. The Hall–Kier alpha value is -4.84. The standard InChI is InChI=1S/C39H39Cl2N5O6/c1-51-38-23(20-46(39(49)50)21-25-11-15-35(48)44-25)9-13-32(45-38)30-7-3-6-28(37(30)41)27-5-2-4-26(36(27)40)22-8-12-29-31(16-17-52-33(29)18-22)42-19-24-10-14-34(47)43-24/h2-9,12-13,18,24-25,31,42H,10-11,14-17,19-21H2,1H3,(H,43,47)(H,44,48)(H,49,50). The van der Waals surface area contributed by atoms with Crippen molar-refractivity contribution in [3.63, 3.8) is 0 Å². The Bertz CT molecular complexity index is 2030. The zero-order valence-electron chi connectivity index (χ0n) is 28.6. The number of nitrogens with one attached hydrogen (secondary N) is 3. The number of benzene rings is 3. The second-order valence-corrected chi connectivity index (χ2v) is 14.1. The molecule has 0 radical (unpaired) electrons. The van der Waals surface area contributed by atoms with Crippen LogP contribution in [0.5, 0.6) is 11.6 Å². The minimum atomic E-state index is -1.10. The van der Waals surface area contributed by atoms with Gasteiger partial charge >= 0.3 is 6.09 Å². The van der Waals surface area contributed by atoms with E-state index in [9.17, 15) is 19.5 Å². The molecule has 2 fully saturated rings. The molecule has 2 saturated heterocycles. The molecule has 4 aromatic rings.